The summed E-state index contributed by atoms with van der Waals surface area (Å²) in [6, 6.07) is 10.2. The lowest BCUT2D eigenvalue weighted by atomic mass is 9.75. The van der Waals surface area contributed by atoms with E-state index in [1.807, 2.05) is 18.2 Å². The minimum atomic E-state index is -0.805. The van der Waals surface area contributed by atoms with E-state index in [1.54, 1.807) is 4.90 Å². The third kappa shape index (κ3) is 4.18. The van der Waals surface area contributed by atoms with Gasteiger partial charge in [-0.25, -0.2) is 4.79 Å². The molecule has 1 unspecified atom stereocenters. The van der Waals surface area contributed by atoms with Gasteiger partial charge >= 0.3 is 12.0 Å². The van der Waals surface area contributed by atoms with Crippen molar-refractivity contribution in [3.05, 3.63) is 35.9 Å². The van der Waals surface area contributed by atoms with Crippen molar-refractivity contribution < 1.29 is 14.7 Å². The smallest absolute Gasteiger partial charge is 0.317 e. The maximum Gasteiger partial charge on any atom is 0.317 e. The molecule has 6 heteroatoms. The van der Waals surface area contributed by atoms with Crippen molar-refractivity contribution in [2.75, 3.05) is 26.7 Å². The molecule has 1 saturated carbocycles. The van der Waals surface area contributed by atoms with Gasteiger partial charge in [0.1, 0.15) is 0 Å². The van der Waals surface area contributed by atoms with Crippen molar-refractivity contribution in [2.24, 2.45) is 5.92 Å². The van der Waals surface area contributed by atoms with Crippen LogP contribution in [0.25, 0.3) is 0 Å². The Balaban J connectivity index is 1.54. The number of likely N-dealkylation sites (tertiary alicyclic amines) is 1. The molecule has 26 heavy (non-hydrogen) atoms. The number of nitrogens with zero attached hydrogens (tertiary/aromatic N) is 2. The average Bonchev–Trinajstić information content (AvgIpc) is 2.61. The largest absolute Gasteiger partial charge is 0.481 e. The van der Waals surface area contributed by atoms with Crippen molar-refractivity contribution >= 4 is 12.0 Å². The van der Waals surface area contributed by atoms with E-state index in [0.717, 1.165) is 25.8 Å². The fourth-order valence-electron chi connectivity index (χ4n) is 4.02. The highest BCUT2D eigenvalue weighted by Crippen LogP contribution is 2.37. The van der Waals surface area contributed by atoms with E-state index in [0.29, 0.717) is 26.1 Å². The van der Waals surface area contributed by atoms with Gasteiger partial charge in [0.05, 0.1) is 5.92 Å². The third-order valence-corrected chi connectivity index (χ3v) is 5.98. The van der Waals surface area contributed by atoms with E-state index in [1.165, 1.54) is 12.0 Å². The first-order valence-corrected chi connectivity index (χ1v) is 9.51. The Kier molecular flexibility index (Phi) is 5.81. The second-order valence-electron chi connectivity index (χ2n) is 7.70. The van der Waals surface area contributed by atoms with Crippen molar-refractivity contribution in [1.29, 1.82) is 0 Å². The standard InChI is InChI=1S/C20H29N3O3/c1-22(13-16-7-3-2-4-8-16)20(10-6-11-20)15-21-19(26)23-12-5-9-17(14-23)18(24)25/h2-4,7-8,17H,5-6,9-15H2,1H3,(H,21,26)(H,24,25). The highest BCUT2D eigenvalue weighted by atomic mass is 16.4. The lowest BCUT2D eigenvalue weighted by Gasteiger charge is -2.49. The SMILES string of the molecule is CN(Cc1ccccc1)C1(CNC(=O)N2CCCC(C(=O)O)C2)CCC1. The molecule has 1 aromatic rings. The zero-order valence-corrected chi connectivity index (χ0v) is 15.5. The van der Waals surface area contributed by atoms with Crippen LogP contribution >= 0.6 is 0 Å². The summed E-state index contributed by atoms with van der Waals surface area (Å²) in [6.07, 6.45) is 4.74. The highest BCUT2D eigenvalue weighted by Gasteiger charge is 2.41. The summed E-state index contributed by atoms with van der Waals surface area (Å²) in [4.78, 5) is 27.7. The zero-order chi connectivity index (χ0) is 18.6. The molecule has 1 aromatic carbocycles. The van der Waals surface area contributed by atoms with E-state index >= 15 is 0 Å². The van der Waals surface area contributed by atoms with Gasteiger partial charge < -0.3 is 15.3 Å². The molecule has 3 rings (SSSR count). The van der Waals surface area contributed by atoms with Crippen LogP contribution in [-0.4, -0.2) is 59.1 Å². The van der Waals surface area contributed by atoms with Crippen molar-refractivity contribution in [3.8, 4) is 0 Å². The van der Waals surface area contributed by atoms with Crippen molar-refractivity contribution in [2.45, 2.75) is 44.2 Å². The minimum absolute atomic E-state index is 0.00743. The minimum Gasteiger partial charge on any atom is -0.481 e. The number of carboxylic acid groups (broad SMARTS) is 1. The van der Waals surface area contributed by atoms with Gasteiger partial charge in [-0.3, -0.25) is 9.69 Å². The number of carbonyl (C=O) groups is 2. The summed E-state index contributed by atoms with van der Waals surface area (Å²) >= 11 is 0. The van der Waals surface area contributed by atoms with E-state index in [4.69, 9.17) is 0 Å². The van der Waals surface area contributed by atoms with Gasteiger partial charge in [-0.05, 0) is 44.7 Å². The third-order valence-electron chi connectivity index (χ3n) is 5.98. The average molecular weight is 359 g/mol. The second-order valence-corrected chi connectivity index (χ2v) is 7.70. The molecule has 2 N–H and O–H groups in total. The maximum atomic E-state index is 12.5. The Labute approximate surface area is 155 Å². The molecule has 1 atom stereocenters. The highest BCUT2D eigenvalue weighted by molar-refractivity contribution is 5.76. The fraction of sp³-hybridized carbons (Fsp3) is 0.600. The first kappa shape index (κ1) is 18.7. The Morgan fingerprint density at radius 1 is 1.27 bits per heavy atom. The number of likely N-dealkylation sites (N-methyl/N-ethyl adjacent to an activating group) is 1. The molecule has 6 nitrogen and oxygen atoms in total. The molecule has 1 saturated heterocycles. The van der Waals surface area contributed by atoms with E-state index < -0.39 is 11.9 Å². The molecule has 1 aliphatic carbocycles. The Bertz CT molecular complexity index is 630. The number of benzene rings is 1. The van der Waals surface area contributed by atoms with E-state index in [-0.39, 0.29) is 11.6 Å². The first-order valence-electron chi connectivity index (χ1n) is 9.51. The molecule has 0 radical (unpaired) electrons. The van der Waals surface area contributed by atoms with Crippen LogP contribution in [0.1, 0.15) is 37.7 Å². The van der Waals surface area contributed by atoms with Gasteiger partial charge in [0, 0.05) is 31.7 Å². The topological polar surface area (TPSA) is 72.9 Å². The van der Waals surface area contributed by atoms with Gasteiger partial charge in [0.25, 0.3) is 0 Å². The van der Waals surface area contributed by atoms with Crippen LogP contribution < -0.4 is 5.32 Å². The number of amides is 2. The van der Waals surface area contributed by atoms with Crippen LogP contribution in [0.15, 0.2) is 30.3 Å². The quantitative estimate of drug-likeness (QED) is 0.819. The summed E-state index contributed by atoms with van der Waals surface area (Å²) in [6.45, 7) is 2.43. The van der Waals surface area contributed by atoms with Gasteiger partial charge in [-0.1, -0.05) is 30.3 Å². The molecule has 2 fully saturated rings. The summed E-state index contributed by atoms with van der Waals surface area (Å²) in [5.41, 5.74) is 1.28. The predicted molar refractivity (Wildman–Crippen MR) is 99.8 cm³/mol. The number of carboxylic acids is 1. The van der Waals surface area contributed by atoms with Crippen molar-refractivity contribution in [1.82, 2.24) is 15.1 Å². The zero-order valence-electron chi connectivity index (χ0n) is 15.5. The van der Waals surface area contributed by atoms with Gasteiger partial charge in [0.15, 0.2) is 0 Å². The molecular weight excluding hydrogens is 330 g/mol. The number of hydrogen-bond acceptors (Lipinski definition) is 3. The fourth-order valence-corrected chi connectivity index (χ4v) is 4.02. The van der Waals surface area contributed by atoms with Gasteiger partial charge in [0.2, 0.25) is 0 Å². The first-order chi connectivity index (χ1) is 12.5. The number of nitrogens with one attached hydrogen (secondary N) is 1. The molecule has 0 aromatic heterocycles. The molecule has 1 aliphatic heterocycles. The Morgan fingerprint density at radius 2 is 2.00 bits per heavy atom. The molecule has 2 aliphatic rings. The van der Waals surface area contributed by atoms with E-state index in [2.05, 4.69) is 29.4 Å². The molecule has 0 spiro atoms. The van der Waals surface area contributed by atoms with Crippen LogP contribution in [-0.2, 0) is 11.3 Å². The van der Waals surface area contributed by atoms with Crippen LogP contribution in [0.4, 0.5) is 4.79 Å². The lowest BCUT2D eigenvalue weighted by molar-refractivity contribution is -0.143. The lowest BCUT2D eigenvalue weighted by Crippen LogP contribution is -2.59. The van der Waals surface area contributed by atoms with Crippen LogP contribution in [0.2, 0.25) is 0 Å². The van der Waals surface area contributed by atoms with E-state index in [9.17, 15) is 14.7 Å². The van der Waals surface area contributed by atoms with Crippen LogP contribution in [0.5, 0.6) is 0 Å². The summed E-state index contributed by atoms with van der Waals surface area (Å²) in [5.74, 6) is -1.24. The van der Waals surface area contributed by atoms with Crippen molar-refractivity contribution in [3.63, 3.8) is 0 Å². The molecule has 1 heterocycles. The normalized spacial score (nSPS) is 21.9. The molecule has 0 bridgehead atoms. The van der Waals surface area contributed by atoms with Gasteiger partial charge in [-0.15, -0.1) is 0 Å². The number of piperidine rings is 1. The Morgan fingerprint density at radius 3 is 2.62 bits per heavy atom. The number of rotatable bonds is 6. The van der Waals surface area contributed by atoms with Gasteiger partial charge in [-0.2, -0.15) is 0 Å². The summed E-state index contributed by atoms with van der Waals surface area (Å²) in [5, 5.41) is 12.3. The molecular formula is C20H29N3O3. The van der Waals surface area contributed by atoms with Crippen LogP contribution in [0, 0.1) is 5.92 Å². The number of urea groups is 1. The number of aliphatic carboxylic acids is 1. The molecule has 142 valence electrons. The molecule has 2 amide bonds. The maximum absolute atomic E-state index is 12.5. The Hall–Kier alpha value is -2.08. The summed E-state index contributed by atoms with van der Waals surface area (Å²) < 4.78 is 0. The monoisotopic (exact) mass is 359 g/mol. The predicted octanol–water partition coefficient (Wildman–Crippen LogP) is 2.55. The summed E-state index contributed by atoms with van der Waals surface area (Å²) in [7, 11) is 2.12. The number of carbonyl (C=O) groups excluding carboxylic acids is 1. The number of hydrogen-bond donors (Lipinski definition) is 2. The second kappa shape index (κ2) is 8.08. The van der Waals surface area contributed by atoms with Crippen LogP contribution in [0.3, 0.4) is 0 Å².